The highest BCUT2D eigenvalue weighted by Crippen LogP contribution is 2.51. The van der Waals surface area contributed by atoms with Crippen LogP contribution in [-0.4, -0.2) is 57.0 Å². The van der Waals surface area contributed by atoms with Crippen LogP contribution in [0.1, 0.15) is 48.9 Å². The molecule has 0 fully saturated rings. The van der Waals surface area contributed by atoms with E-state index in [1.807, 2.05) is 0 Å². The zero-order chi connectivity index (χ0) is 34.4. The second-order valence-electron chi connectivity index (χ2n) is 20.9. The van der Waals surface area contributed by atoms with Gasteiger partial charge in [0.25, 0.3) is 8.32 Å². The molecule has 0 bridgehead atoms. The van der Waals surface area contributed by atoms with Crippen molar-refractivity contribution in [3.05, 3.63) is 57.6 Å². The summed E-state index contributed by atoms with van der Waals surface area (Å²) in [7, 11) is -12.3. The Morgan fingerprint density at radius 1 is 0.545 bits per heavy atom. The SMILES string of the molecule is Cc1cc(C)c([Si]2(O[Si](C)(C)C)c3c(C([Si](C)(C)C)[Si](C)(C)C)cc(C([Si](C)(C)C)[Si](C)(C)C)cc3[C@H]2[Si](C)(C)C)c(C)c1. The monoisotopic (exact) mass is 714 g/mol. The molecule has 1 aliphatic heterocycles. The van der Waals surface area contributed by atoms with Crippen molar-refractivity contribution in [2.45, 2.75) is 154 Å². The summed E-state index contributed by atoms with van der Waals surface area (Å²) in [5, 5.41) is 5.44. The molecule has 0 N–H and O–H groups in total. The van der Waals surface area contributed by atoms with Crippen molar-refractivity contribution in [1.82, 2.24) is 0 Å². The number of fused-ring (bicyclic) bond motifs is 1. The average Bonchev–Trinajstić information content (AvgIpc) is 2.65. The van der Waals surface area contributed by atoms with Crippen molar-refractivity contribution in [1.29, 1.82) is 0 Å². The topological polar surface area (TPSA) is 9.23 Å². The fraction of sp³-hybridized carbons (Fsp3) is 0.667. The molecule has 0 spiro atoms. The summed E-state index contributed by atoms with van der Waals surface area (Å²) < 4.78 is 8.03. The van der Waals surface area contributed by atoms with Gasteiger partial charge in [-0.25, -0.2) is 0 Å². The van der Waals surface area contributed by atoms with E-state index in [1.165, 1.54) is 16.7 Å². The van der Waals surface area contributed by atoms with Gasteiger partial charge in [0.05, 0.1) is 8.07 Å². The maximum absolute atomic E-state index is 8.03. The molecule has 2 aromatic carbocycles. The number of hydrogen-bond donors (Lipinski definition) is 0. The number of rotatable bonds is 10. The predicted molar refractivity (Wildman–Crippen MR) is 222 cm³/mol. The van der Waals surface area contributed by atoms with Gasteiger partial charge < -0.3 is 4.12 Å². The summed E-state index contributed by atoms with van der Waals surface area (Å²) in [6.45, 7) is 54.4. The Morgan fingerprint density at radius 3 is 1.30 bits per heavy atom. The molecule has 2 atom stereocenters. The second-order valence-corrected chi connectivity index (χ2v) is 57.3. The van der Waals surface area contributed by atoms with E-state index in [0.29, 0.717) is 10.3 Å². The van der Waals surface area contributed by atoms with E-state index in [0.717, 1.165) is 5.16 Å². The number of aryl methyl sites for hydroxylation is 3. The summed E-state index contributed by atoms with van der Waals surface area (Å²) in [6, 6.07) is 10.6. The van der Waals surface area contributed by atoms with Crippen LogP contribution in [0.2, 0.25) is 118 Å². The first-order valence-corrected chi connectivity index (χ1v) is 40.6. The van der Waals surface area contributed by atoms with Gasteiger partial charge in [0.2, 0.25) is 0 Å². The molecular formula is C36H70OSi7. The second kappa shape index (κ2) is 11.8. The van der Waals surface area contributed by atoms with Gasteiger partial charge in [-0.2, -0.15) is 0 Å². The van der Waals surface area contributed by atoms with Crippen LogP contribution < -0.4 is 10.4 Å². The molecule has 0 saturated carbocycles. The first-order valence-electron chi connectivity index (χ1n) is 17.3. The summed E-state index contributed by atoms with van der Waals surface area (Å²) in [5.41, 5.74) is 9.58. The third-order valence-corrected chi connectivity index (χ3v) is 42.0. The number of hydrogen-bond acceptors (Lipinski definition) is 1. The molecule has 2 aromatic rings. The van der Waals surface area contributed by atoms with E-state index in [2.05, 4.69) is 163 Å². The van der Waals surface area contributed by atoms with Gasteiger partial charge in [-0.05, 0) is 88.9 Å². The van der Waals surface area contributed by atoms with Gasteiger partial charge in [0, 0.05) is 37.5 Å². The third-order valence-electron chi connectivity index (χ3n) is 9.80. The molecule has 8 heteroatoms. The van der Waals surface area contributed by atoms with Crippen molar-refractivity contribution in [3.63, 3.8) is 0 Å². The Morgan fingerprint density at radius 2 is 0.955 bits per heavy atom. The average molecular weight is 716 g/mol. The van der Waals surface area contributed by atoms with Crippen LogP contribution in [0.25, 0.3) is 0 Å². The van der Waals surface area contributed by atoms with Crippen LogP contribution >= 0.6 is 0 Å². The summed E-state index contributed by atoms with van der Waals surface area (Å²) in [5.74, 6) is 0. The van der Waals surface area contributed by atoms with E-state index >= 15 is 0 Å². The van der Waals surface area contributed by atoms with Crippen LogP contribution in [0.4, 0.5) is 0 Å². The van der Waals surface area contributed by atoms with Crippen molar-refractivity contribution in [2.75, 3.05) is 0 Å². The third kappa shape index (κ3) is 7.32. The molecule has 0 aromatic heterocycles. The van der Waals surface area contributed by atoms with Gasteiger partial charge in [-0.3, -0.25) is 0 Å². The molecule has 0 radical (unpaired) electrons. The molecule has 1 nitrogen and oxygen atoms in total. The predicted octanol–water partition coefficient (Wildman–Crippen LogP) is 10.7. The van der Waals surface area contributed by atoms with E-state index in [1.54, 1.807) is 27.1 Å². The Balaban J connectivity index is 2.73. The highest BCUT2D eigenvalue weighted by Gasteiger charge is 2.65. The van der Waals surface area contributed by atoms with Gasteiger partial charge in [0.15, 0.2) is 8.32 Å². The van der Waals surface area contributed by atoms with Crippen LogP contribution in [-0.2, 0) is 4.12 Å². The Bertz CT molecular complexity index is 1340. The van der Waals surface area contributed by atoms with E-state index in [4.69, 9.17) is 4.12 Å². The molecule has 248 valence electrons. The largest absolute Gasteiger partial charge is 0.449 e. The van der Waals surface area contributed by atoms with Crippen molar-refractivity contribution < 1.29 is 4.12 Å². The standard InChI is InChI=1S/C36H70OSi7/c1-26-22-27(2)32(28(3)23-26)44(37-43(19,20)21)33-30(35(40(10,11)12)41(13,14)15)24-29(25-31(33)36(44)42(16,17)18)34(38(4,5)6)39(7,8)9/h22-25,34-36H,1-21H3/t36-,44?/m0/s1. The minimum Gasteiger partial charge on any atom is -0.449 e. The highest BCUT2D eigenvalue weighted by molar-refractivity contribution is 7.15. The van der Waals surface area contributed by atoms with Gasteiger partial charge in [-0.15, -0.1) is 0 Å². The normalized spacial score (nSPS) is 20.3. The van der Waals surface area contributed by atoms with E-state index in [-0.39, 0.29) is 0 Å². The van der Waals surface area contributed by atoms with Crippen molar-refractivity contribution >= 4 is 67.4 Å². The zero-order valence-corrected chi connectivity index (χ0v) is 39.9. The molecule has 0 aliphatic carbocycles. The maximum Gasteiger partial charge on any atom is 0.251 e. The minimum absolute atomic E-state index is 0.586. The van der Waals surface area contributed by atoms with Crippen molar-refractivity contribution in [2.24, 2.45) is 0 Å². The Kier molecular flexibility index (Phi) is 10.3. The summed E-state index contributed by atoms with van der Waals surface area (Å²) >= 11 is 0. The maximum atomic E-state index is 8.03. The summed E-state index contributed by atoms with van der Waals surface area (Å²) in [4.78, 5) is 0. The first-order chi connectivity index (χ1) is 19.3. The lowest BCUT2D eigenvalue weighted by Gasteiger charge is -2.59. The smallest absolute Gasteiger partial charge is 0.251 e. The molecule has 1 unspecified atom stereocenters. The molecule has 0 amide bonds. The lowest BCUT2D eigenvalue weighted by atomic mass is 10.1. The van der Waals surface area contributed by atoms with E-state index < -0.39 is 57.0 Å². The van der Waals surface area contributed by atoms with E-state index in [9.17, 15) is 0 Å². The zero-order valence-electron chi connectivity index (χ0n) is 32.9. The Labute approximate surface area is 281 Å². The van der Waals surface area contributed by atoms with Crippen LogP contribution in [0.3, 0.4) is 0 Å². The van der Waals surface area contributed by atoms with Gasteiger partial charge >= 0.3 is 0 Å². The van der Waals surface area contributed by atoms with Gasteiger partial charge in [0.1, 0.15) is 0 Å². The quantitative estimate of drug-likeness (QED) is 0.223. The van der Waals surface area contributed by atoms with Crippen molar-refractivity contribution in [3.8, 4) is 0 Å². The highest BCUT2D eigenvalue weighted by atomic mass is 28.5. The van der Waals surface area contributed by atoms with Crippen LogP contribution in [0, 0.1) is 20.8 Å². The fourth-order valence-electron chi connectivity index (χ4n) is 10.3. The molecule has 1 aliphatic rings. The molecule has 0 saturated heterocycles. The molecule has 44 heavy (non-hydrogen) atoms. The Hall–Kier alpha value is -0.0818. The molecule has 3 rings (SSSR count). The van der Waals surface area contributed by atoms with Gasteiger partial charge in [-0.1, -0.05) is 128 Å². The molecule has 1 heterocycles. The molecular weight excluding hydrogens is 645 g/mol. The van der Waals surface area contributed by atoms with Crippen LogP contribution in [0.15, 0.2) is 24.3 Å². The summed E-state index contributed by atoms with van der Waals surface area (Å²) in [6.07, 6.45) is 0. The van der Waals surface area contributed by atoms with Crippen LogP contribution in [0.5, 0.6) is 0 Å². The minimum atomic E-state index is -2.58. The number of benzene rings is 2. The lowest BCUT2D eigenvalue weighted by molar-refractivity contribution is 0.548. The lowest BCUT2D eigenvalue weighted by Crippen LogP contribution is -2.81. The first kappa shape index (κ1) is 38.4. The fourth-order valence-corrected chi connectivity index (χ4v) is 52.7.